The zero-order chi connectivity index (χ0) is 18.4. The summed E-state index contributed by atoms with van der Waals surface area (Å²) in [6, 6.07) is 16.4. The number of amides is 1. The molecule has 1 heterocycles. The van der Waals surface area contributed by atoms with Crippen LogP contribution in [-0.2, 0) is 11.2 Å². The van der Waals surface area contributed by atoms with Gasteiger partial charge in [-0.25, -0.2) is 0 Å². The molecular formula is C17H13ClN6OS. The van der Waals surface area contributed by atoms with E-state index in [1.807, 2.05) is 18.2 Å². The van der Waals surface area contributed by atoms with Gasteiger partial charge >= 0.3 is 0 Å². The summed E-state index contributed by atoms with van der Waals surface area (Å²) in [6.45, 7) is 0. The average Bonchev–Trinajstić information content (AvgIpc) is 3.10. The van der Waals surface area contributed by atoms with E-state index in [0.717, 1.165) is 11.3 Å². The monoisotopic (exact) mass is 384 g/mol. The Kier molecular flexibility index (Phi) is 5.84. The average molecular weight is 385 g/mol. The molecule has 0 unspecified atom stereocenters. The number of aromatic nitrogens is 4. The number of nitrogens with one attached hydrogen (secondary N) is 1. The molecule has 0 spiro atoms. The van der Waals surface area contributed by atoms with E-state index in [4.69, 9.17) is 16.9 Å². The number of anilines is 1. The van der Waals surface area contributed by atoms with Crippen molar-refractivity contribution in [1.82, 2.24) is 20.2 Å². The summed E-state index contributed by atoms with van der Waals surface area (Å²) < 4.78 is 1.53. The van der Waals surface area contributed by atoms with Crippen LogP contribution in [0.1, 0.15) is 5.56 Å². The summed E-state index contributed by atoms with van der Waals surface area (Å²) >= 11 is 7.21. The van der Waals surface area contributed by atoms with Gasteiger partial charge in [0.1, 0.15) is 0 Å². The number of carbonyl (C=O) groups is 1. The molecule has 3 rings (SSSR count). The van der Waals surface area contributed by atoms with Gasteiger partial charge in [-0.3, -0.25) is 4.79 Å². The Hall–Kier alpha value is -2.89. The molecule has 3 aromatic rings. The molecule has 0 aliphatic rings. The van der Waals surface area contributed by atoms with Gasteiger partial charge in [-0.2, -0.15) is 9.94 Å². The van der Waals surface area contributed by atoms with E-state index >= 15 is 0 Å². The molecule has 130 valence electrons. The van der Waals surface area contributed by atoms with Crippen LogP contribution in [0.5, 0.6) is 0 Å². The first-order chi connectivity index (χ1) is 12.7. The first kappa shape index (κ1) is 17.9. The second-order valence-corrected chi connectivity index (χ2v) is 6.60. The predicted octanol–water partition coefficient (Wildman–Crippen LogP) is 3.11. The van der Waals surface area contributed by atoms with Crippen molar-refractivity contribution in [2.45, 2.75) is 11.6 Å². The van der Waals surface area contributed by atoms with Gasteiger partial charge in [-0.05, 0) is 46.3 Å². The molecule has 0 saturated heterocycles. The molecule has 1 N–H and O–H groups in total. The standard InChI is InChI=1S/C17H13ClN6OS/c18-13-2-1-3-15(10-13)24-17(21-22-23-24)26-11-16(25)20-14-6-4-12(5-7-14)8-9-19/h1-7,10H,8,11H2,(H,20,25). The molecule has 26 heavy (non-hydrogen) atoms. The maximum absolute atomic E-state index is 12.1. The van der Waals surface area contributed by atoms with E-state index in [1.165, 1.54) is 16.4 Å². The van der Waals surface area contributed by atoms with Gasteiger partial charge in [-0.15, -0.1) is 5.10 Å². The van der Waals surface area contributed by atoms with Crippen LogP contribution in [0.25, 0.3) is 5.69 Å². The molecule has 7 nitrogen and oxygen atoms in total. The van der Waals surface area contributed by atoms with Crippen LogP contribution in [0.4, 0.5) is 5.69 Å². The number of carbonyl (C=O) groups excluding carboxylic acids is 1. The summed E-state index contributed by atoms with van der Waals surface area (Å²) in [5, 5.41) is 24.1. The fourth-order valence-electron chi connectivity index (χ4n) is 2.16. The lowest BCUT2D eigenvalue weighted by Crippen LogP contribution is -2.14. The van der Waals surface area contributed by atoms with Crippen molar-refractivity contribution in [3.8, 4) is 11.8 Å². The van der Waals surface area contributed by atoms with Gasteiger partial charge in [0.25, 0.3) is 0 Å². The highest BCUT2D eigenvalue weighted by atomic mass is 35.5. The number of nitriles is 1. The van der Waals surface area contributed by atoms with E-state index in [9.17, 15) is 4.79 Å². The predicted molar refractivity (Wildman–Crippen MR) is 99.3 cm³/mol. The van der Waals surface area contributed by atoms with Crippen LogP contribution in [0, 0.1) is 11.3 Å². The third-order valence-corrected chi connectivity index (χ3v) is 4.50. The highest BCUT2D eigenvalue weighted by Gasteiger charge is 2.12. The minimum atomic E-state index is -0.177. The van der Waals surface area contributed by atoms with Crippen LogP contribution in [0.3, 0.4) is 0 Å². The second-order valence-electron chi connectivity index (χ2n) is 5.22. The zero-order valence-electron chi connectivity index (χ0n) is 13.5. The normalized spacial score (nSPS) is 10.3. The molecule has 0 saturated carbocycles. The van der Waals surface area contributed by atoms with Gasteiger partial charge in [0.15, 0.2) is 0 Å². The van der Waals surface area contributed by atoms with Gasteiger partial charge in [0, 0.05) is 10.7 Å². The number of nitrogens with zero attached hydrogens (tertiary/aromatic N) is 5. The van der Waals surface area contributed by atoms with Crippen molar-refractivity contribution < 1.29 is 4.79 Å². The van der Waals surface area contributed by atoms with Gasteiger partial charge < -0.3 is 5.32 Å². The summed E-state index contributed by atoms with van der Waals surface area (Å²) in [5.41, 5.74) is 2.30. The molecule has 0 radical (unpaired) electrons. The Morgan fingerprint density at radius 2 is 2.08 bits per heavy atom. The number of hydrogen-bond acceptors (Lipinski definition) is 6. The lowest BCUT2D eigenvalue weighted by Gasteiger charge is -2.06. The maximum Gasteiger partial charge on any atom is 0.234 e. The number of benzene rings is 2. The van der Waals surface area contributed by atoms with Crippen LogP contribution >= 0.6 is 23.4 Å². The van der Waals surface area contributed by atoms with Crippen molar-refractivity contribution in [2.75, 3.05) is 11.1 Å². The number of thioether (sulfide) groups is 1. The van der Waals surface area contributed by atoms with Gasteiger partial charge in [0.2, 0.25) is 11.1 Å². The van der Waals surface area contributed by atoms with Crippen molar-refractivity contribution in [2.24, 2.45) is 0 Å². The third kappa shape index (κ3) is 4.59. The van der Waals surface area contributed by atoms with Crippen LogP contribution in [-0.4, -0.2) is 31.9 Å². The van der Waals surface area contributed by atoms with E-state index in [1.54, 1.807) is 30.3 Å². The molecule has 1 aromatic heterocycles. The largest absolute Gasteiger partial charge is 0.325 e. The summed E-state index contributed by atoms with van der Waals surface area (Å²) in [5.74, 6) is -0.0235. The van der Waals surface area contributed by atoms with E-state index in [-0.39, 0.29) is 11.7 Å². The molecule has 0 atom stereocenters. The molecule has 2 aromatic carbocycles. The van der Waals surface area contributed by atoms with Crippen molar-refractivity contribution in [1.29, 1.82) is 5.26 Å². The molecule has 1 amide bonds. The van der Waals surface area contributed by atoms with Crippen molar-refractivity contribution >= 4 is 35.0 Å². The second kappa shape index (κ2) is 8.47. The first-order valence-electron chi connectivity index (χ1n) is 7.58. The summed E-state index contributed by atoms with van der Waals surface area (Å²) in [4.78, 5) is 12.1. The molecule has 0 aliphatic carbocycles. The quantitative estimate of drug-likeness (QED) is 0.656. The lowest BCUT2D eigenvalue weighted by atomic mass is 10.1. The van der Waals surface area contributed by atoms with E-state index < -0.39 is 0 Å². The number of rotatable bonds is 6. The fourth-order valence-corrected chi connectivity index (χ4v) is 3.04. The van der Waals surface area contributed by atoms with Crippen LogP contribution in [0.15, 0.2) is 53.7 Å². The van der Waals surface area contributed by atoms with Crippen molar-refractivity contribution in [3.63, 3.8) is 0 Å². The third-order valence-electron chi connectivity index (χ3n) is 3.35. The number of tetrazole rings is 1. The number of halogens is 1. The van der Waals surface area contributed by atoms with E-state index in [0.29, 0.717) is 22.3 Å². The summed E-state index contributed by atoms with van der Waals surface area (Å²) in [7, 11) is 0. The lowest BCUT2D eigenvalue weighted by molar-refractivity contribution is -0.113. The summed E-state index contributed by atoms with van der Waals surface area (Å²) in [6.07, 6.45) is 0.343. The fraction of sp³-hybridized carbons (Fsp3) is 0.118. The highest BCUT2D eigenvalue weighted by molar-refractivity contribution is 7.99. The van der Waals surface area contributed by atoms with Crippen LogP contribution in [0.2, 0.25) is 5.02 Å². The Morgan fingerprint density at radius 1 is 1.27 bits per heavy atom. The molecule has 9 heteroatoms. The smallest absolute Gasteiger partial charge is 0.234 e. The van der Waals surface area contributed by atoms with Gasteiger partial charge in [0.05, 0.1) is 23.9 Å². The van der Waals surface area contributed by atoms with Crippen molar-refractivity contribution in [3.05, 3.63) is 59.1 Å². The Bertz CT molecular complexity index is 950. The SMILES string of the molecule is N#CCc1ccc(NC(=O)CSc2nnnn2-c2cccc(Cl)c2)cc1. The molecule has 0 fully saturated rings. The highest BCUT2D eigenvalue weighted by Crippen LogP contribution is 2.20. The minimum absolute atomic E-state index is 0.154. The Labute approximate surface area is 159 Å². The molecular weight excluding hydrogens is 372 g/mol. The zero-order valence-corrected chi connectivity index (χ0v) is 15.0. The Balaban J connectivity index is 1.60. The number of hydrogen-bond donors (Lipinski definition) is 1. The molecule has 0 aliphatic heterocycles. The Morgan fingerprint density at radius 3 is 2.81 bits per heavy atom. The topological polar surface area (TPSA) is 96.5 Å². The first-order valence-corrected chi connectivity index (χ1v) is 8.95. The van der Waals surface area contributed by atoms with E-state index in [2.05, 4.69) is 26.9 Å². The maximum atomic E-state index is 12.1. The molecule has 0 bridgehead atoms. The minimum Gasteiger partial charge on any atom is -0.325 e. The van der Waals surface area contributed by atoms with Crippen LogP contribution < -0.4 is 5.32 Å². The van der Waals surface area contributed by atoms with Gasteiger partial charge in [-0.1, -0.05) is 41.6 Å².